The molecule has 0 atom stereocenters. The smallest absolute Gasteiger partial charge is 0.178 e. The maximum Gasteiger partial charge on any atom is 0.178 e. The number of nitrogens with one attached hydrogen (secondary N) is 2. The highest BCUT2D eigenvalue weighted by Crippen LogP contribution is 2.34. The zero-order chi connectivity index (χ0) is 22.5. The van der Waals surface area contributed by atoms with Gasteiger partial charge in [-0.1, -0.05) is 12.1 Å². The summed E-state index contributed by atoms with van der Waals surface area (Å²) in [5.74, 6) is -0.261. The molecule has 6 nitrogen and oxygen atoms in total. The quantitative estimate of drug-likeness (QED) is 0.365. The minimum absolute atomic E-state index is 0.225. The molecule has 160 valence electrons. The van der Waals surface area contributed by atoms with Crippen LogP contribution in [0.2, 0.25) is 0 Å². The minimum Gasteiger partial charge on any atom is -0.335 e. The van der Waals surface area contributed by atoms with E-state index in [0.717, 1.165) is 22.3 Å². The van der Waals surface area contributed by atoms with Crippen molar-refractivity contribution < 1.29 is 8.78 Å². The lowest BCUT2D eigenvalue weighted by atomic mass is 10.0. The van der Waals surface area contributed by atoms with E-state index in [0.29, 0.717) is 33.6 Å². The van der Waals surface area contributed by atoms with Gasteiger partial charge < -0.3 is 4.98 Å². The lowest BCUT2D eigenvalue weighted by Crippen LogP contribution is -1.88. The zero-order valence-electron chi connectivity index (χ0n) is 17.4. The highest BCUT2D eigenvalue weighted by atomic mass is 19.1. The van der Waals surface area contributed by atoms with Gasteiger partial charge in [0.2, 0.25) is 0 Å². The maximum absolute atomic E-state index is 14.9. The molecule has 33 heavy (non-hydrogen) atoms. The summed E-state index contributed by atoms with van der Waals surface area (Å²) in [6.45, 7) is 1.96. The molecule has 0 unspecified atom stereocenters. The first-order chi connectivity index (χ1) is 16.1. The van der Waals surface area contributed by atoms with Crippen LogP contribution in [0.5, 0.6) is 0 Å². The third-order valence-corrected chi connectivity index (χ3v) is 5.75. The maximum atomic E-state index is 14.9. The van der Waals surface area contributed by atoms with E-state index in [1.165, 1.54) is 18.2 Å². The van der Waals surface area contributed by atoms with E-state index < -0.39 is 5.82 Å². The Balaban J connectivity index is 1.54. The fraction of sp³-hybridized carbons (Fsp3) is 0.0400. The van der Waals surface area contributed by atoms with Crippen LogP contribution in [0.3, 0.4) is 0 Å². The van der Waals surface area contributed by atoms with Gasteiger partial charge in [0.05, 0.1) is 5.52 Å². The van der Waals surface area contributed by atoms with Crippen LogP contribution in [-0.2, 0) is 0 Å². The zero-order valence-corrected chi connectivity index (χ0v) is 17.4. The van der Waals surface area contributed by atoms with Crippen molar-refractivity contribution in [1.82, 2.24) is 30.1 Å². The monoisotopic (exact) mass is 438 g/mol. The Hall–Kier alpha value is -4.46. The van der Waals surface area contributed by atoms with Crippen LogP contribution in [0, 0.1) is 18.6 Å². The highest BCUT2D eigenvalue weighted by Gasteiger charge is 2.18. The number of fused-ring (bicyclic) bond motifs is 2. The number of halogens is 2. The molecule has 2 N–H and O–H groups in total. The van der Waals surface area contributed by atoms with Crippen molar-refractivity contribution >= 4 is 22.1 Å². The van der Waals surface area contributed by atoms with Crippen molar-refractivity contribution in [3.8, 4) is 33.8 Å². The second kappa shape index (κ2) is 7.30. The number of benzene rings is 2. The molecule has 8 heteroatoms. The summed E-state index contributed by atoms with van der Waals surface area (Å²) in [5, 5.41) is 7.68. The fourth-order valence-electron chi connectivity index (χ4n) is 4.08. The SMILES string of the molecule is Cc1ccncc1-c1cc(F)c2n[nH]c(-c3nc4nccc(-c5ccc(F)cc5)c4[nH]3)c2c1. The number of pyridine rings is 2. The average Bonchev–Trinajstić information content (AvgIpc) is 3.44. The van der Waals surface area contributed by atoms with Crippen molar-refractivity contribution in [2.24, 2.45) is 0 Å². The summed E-state index contributed by atoms with van der Waals surface area (Å²) in [4.78, 5) is 16.4. The number of rotatable bonds is 3. The lowest BCUT2D eigenvalue weighted by Gasteiger charge is -2.06. The van der Waals surface area contributed by atoms with Crippen LogP contribution in [0.1, 0.15) is 5.56 Å². The largest absolute Gasteiger partial charge is 0.335 e. The van der Waals surface area contributed by atoms with Gasteiger partial charge in [-0.05, 0) is 60.0 Å². The molecule has 0 bridgehead atoms. The molecule has 0 saturated heterocycles. The molecular weight excluding hydrogens is 422 g/mol. The number of aromatic nitrogens is 6. The first kappa shape index (κ1) is 19.2. The summed E-state index contributed by atoms with van der Waals surface area (Å²) in [6, 6.07) is 13.3. The summed E-state index contributed by atoms with van der Waals surface area (Å²) in [6.07, 6.45) is 5.08. The van der Waals surface area contributed by atoms with Crippen LogP contribution in [0.4, 0.5) is 8.78 Å². The molecule has 0 aliphatic carbocycles. The summed E-state index contributed by atoms with van der Waals surface area (Å²) in [7, 11) is 0. The van der Waals surface area contributed by atoms with E-state index in [2.05, 4.69) is 30.1 Å². The van der Waals surface area contributed by atoms with Crippen LogP contribution in [-0.4, -0.2) is 30.1 Å². The Bertz CT molecular complexity index is 1650. The van der Waals surface area contributed by atoms with E-state index in [1.54, 1.807) is 30.7 Å². The standard InChI is InChI=1S/C25H16F2N6/c1-13-6-8-28-12-19(13)15-10-18-21(20(27)11-15)32-33-23(18)25-30-22-17(7-9-29-24(22)31-25)14-2-4-16(26)5-3-14/h2-12H,1H3,(H,32,33)(H,29,30,31). The normalized spacial score (nSPS) is 11.5. The predicted octanol–water partition coefficient (Wildman–Crippen LogP) is 5.82. The van der Waals surface area contributed by atoms with E-state index in [1.807, 2.05) is 25.1 Å². The van der Waals surface area contributed by atoms with Gasteiger partial charge in [-0.3, -0.25) is 10.1 Å². The number of H-pyrrole nitrogens is 2. The first-order valence-electron chi connectivity index (χ1n) is 10.3. The molecule has 0 radical (unpaired) electrons. The minimum atomic E-state index is -0.436. The molecule has 6 rings (SSSR count). The average molecular weight is 438 g/mol. The first-order valence-corrected chi connectivity index (χ1v) is 10.3. The molecule has 0 spiro atoms. The molecule has 4 heterocycles. The van der Waals surface area contributed by atoms with E-state index >= 15 is 0 Å². The fourth-order valence-corrected chi connectivity index (χ4v) is 4.08. The molecule has 0 aliphatic heterocycles. The van der Waals surface area contributed by atoms with E-state index in [4.69, 9.17) is 0 Å². The van der Waals surface area contributed by atoms with Crippen LogP contribution in [0.25, 0.3) is 55.8 Å². The van der Waals surface area contributed by atoms with Gasteiger partial charge in [0.25, 0.3) is 0 Å². The molecule has 0 saturated carbocycles. The molecule has 4 aromatic heterocycles. The highest BCUT2D eigenvalue weighted by molar-refractivity contribution is 5.97. The number of hydrogen-bond donors (Lipinski definition) is 2. The Morgan fingerprint density at radius 3 is 2.55 bits per heavy atom. The van der Waals surface area contributed by atoms with Gasteiger partial charge in [0.1, 0.15) is 17.0 Å². The van der Waals surface area contributed by atoms with Crippen molar-refractivity contribution in [1.29, 1.82) is 0 Å². The molecule has 6 aromatic rings. The Morgan fingerprint density at radius 2 is 1.73 bits per heavy atom. The Morgan fingerprint density at radius 1 is 0.879 bits per heavy atom. The summed E-state index contributed by atoms with van der Waals surface area (Å²) in [5.41, 5.74) is 6.17. The molecular formula is C25H16F2N6. The van der Waals surface area contributed by atoms with Crippen LogP contribution < -0.4 is 0 Å². The van der Waals surface area contributed by atoms with Crippen LogP contribution >= 0.6 is 0 Å². The third-order valence-electron chi connectivity index (χ3n) is 5.75. The van der Waals surface area contributed by atoms with Gasteiger partial charge in [0.15, 0.2) is 17.3 Å². The number of nitrogens with zero attached hydrogens (tertiary/aromatic N) is 4. The van der Waals surface area contributed by atoms with Crippen LogP contribution in [0.15, 0.2) is 67.1 Å². The summed E-state index contributed by atoms with van der Waals surface area (Å²) < 4.78 is 28.3. The summed E-state index contributed by atoms with van der Waals surface area (Å²) >= 11 is 0. The second-order valence-electron chi connectivity index (χ2n) is 7.79. The van der Waals surface area contributed by atoms with Crippen molar-refractivity contribution in [3.63, 3.8) is 0 Å². The molecule has 0 fully saturated rings. The van der Waals surface area contributed by atoms with Gasteiger partial charge in [-0.25, -0.2) is 18.7 Å². The van der Waals surface area contributed by atoms with Crippen molar-refractivity contribution in [2.45, 2.75) is 6.92 Å². The van der Waals surface area contributed by atoms with Gasteiger partial charge >= 0.3 is 0 Å². The number of aryl methyl sites for hydroxylation is 1. The van der Waals surface area contributed by atoms with Crippen molar-refractivity contribution in [3.05, 3.63) is 84.3 Å². The Kier molecular flexibility index (Phi) is 4.26. The van der Waals surface area contributed by atoms with Crippen molar-refractivity contribution in [2.75, 3.05) is 0 Å². The van der Waals surface area contributed by atoms with Gasteiger partial charge in [0, 0.05) is 35.1 Å². The molecule has 2 aromatic carbocycles. The van der Waals surface area contributed by atoms with Gasteiger partial charge in [-0.2, -0.15) is 5.10 Å². The third kappa shape index (κ3) is 3.15. The second-order valence-corrected chi connectivity index (χ2v) is 7.79. The number of hydrogen-bond acceptors (Lipinski definition) is 4. The van der Waals surface area contributed by atoms with Gasteiger partial charge in [-0.15, -0.1) is 0 Å². The predicted molar refractivity (Wildman–Crippen MR) is 122 cm³/mol. The number of imidazole rings is 1. The molecule has 0 amide bonds. The van der Waals surface area contributed by atoms with E-state index in [9.17, 15) is 8.78 Å². The Labute approximate surface area is 186 Å². The number of aromatic amines is 2. The lowest BCUT2D eigenvalue weighted by molar-refractivity contribution is 0.628. The van der Waals surface area contributed by atoms with E-state index in [-0.39, 0.29) is 11.3 Å². The topological polar surface area (TPSA) is 83.1 Å². The molecule has 0 aliphatic rings.